The van der Waals surface area contributed by atoms with Crippen molar-refractivity contribution >= 4 is 54.3 Å². The van der Waals surface area contributed by atoms with Gasteiger partial charge in [-0.05, 0) is 91.5 Å². The van der Waals surface area contributed by atoms with E-state index in [9.17, 15) is 0 Å². The Kier molecular flexibility index (Phi) is 16.6. The molecule has 126 heavy (non-hydrogen) atoms. The molecule has 6 heterocycles. The number of rotatable bonds is 9. The molecule has 0 saturated heterocycles. The zero-order chi connectivity index (χ0) is 83.0. The molecule has 2 aliphatic heterocycles. The highest BCUT2D eigenvalue weighted by Crippen LogP contribution is 2.67. The van der Waals surface area contributed by atoms with Gasteiger partial charge in [-0.2, -0.15) is 0 Å². The Labute approximate surface area is 727 Å². The summed E-state index contributed by atoms with van der Waals surface area (Å²) < 4.78 is 15.0. The molecule has 8 nitrogen and oxygen atoms in total. The molecule has 0 bridgehead atoms. The zero-order valence-corrected chi connectivity index (χ0v) is 68.1. The van der Waals surface area contributed by atoms with Crippen LogP contribution in [0.15, 0.2) is 437 Å². The lowest BCUT2D eigenvalue weighted by molar-refractivity contribution is 0.442. The molecule has 586 valence electrons. The standard InChI is InChI=1S/C60H37N3O.C58H35N3O/c1-4-16-39(17-5-1)53-37-54(63-59(62-53)42-20-8-3-9-21-42)40-30-28-38(29-31-40)43-32-34-50-55(36-43)64-58-51(60(50)48-25-13-10-22-44(48)45-23-11-14-26-49(45)60)35-33-47-56(58)46-24-12-15-27-52(46)61-57(47)41-18-6-2-7-19-41;1-3-16-37(17-4-1)54-45-34-35-49-56(52(45)43-22-9-13-28-50(43)59-54)62-55-40(24-15-27-48(55)58(49)46-25-11-7-20-41(46)42-21-8-12-26-47(42)58)36-30-32-38(33-31-36)53-44-23-10-14-29-51(44)60-57(61-53)39-18-5-2-6-19-39/h1-37H;1-35H. The van der Waals surface area contributed by atoms with E-state index in [0.717, 1.165) is 189 Å². The number of para-hydroxylation sites is 4. The molecule has 0 unspecified atom stereocenters. The molecule has 0 atom stereocenters. The first-order valence-electron chi connectivity index (χ1n) is 42.9. The van der Waals surface area contributed by atoms with Gasteiger partial charge in [-0.25, -0.2) is 29.9 Å². The number of benzene rings is 18. The highest BCUT2D eigenvalue weighted by Gasteiger charge is 2.54. The van der Waals surface area contributed by atoms with Gasteiger partial charge in [0.05, 0.1) is 55.8 Å². The molecule has 0 amide bonds. The summed E-state index contributed by atoms with van der Waals surface area (Å²) in [5.74, 6) is 4.83. The Bertz CT molecular complexity index is 8040. The zero-order valence-electron chi connectivity index (χ0n) is 68.1. The number of pyridine rings is 2. The van der Waals surface area contributed by atoms with Crippen molar-refractivity contribution in [2.45, 2.75) is 10.8 Å². The monoisotopic (exact) mass is 1600 g/mol. The fourth-order valence-corrected chi connectivity index (χ4v) is 20.6. The topological polar surface area (TPSA) is 95.8 Å². The molecule has 4 aliphatic rings. The molecule has 4 aromatic heterocycles. The van der Waals surface area contributed by atoms with E-state index in [1.807, 2.05) is 60.7 Å². The van der Waals surface area contributed by atoms with Gasteiger partial charge in [0.25, 0.3) is 0 Å². The highest BCUT2D eigenvalue weighted by molar-refractivity contribution is 6.17. The predicted molar refractivity (Wildman–Crippen MR) is 511 cm³/mol. The van der Waals surface area contributed by atoms with E-state index in [2.05, 4.69) is 376 Å². The molecule has 2 aliphatic carbocycles. The summed E-state index contributed by atoms with van der Waals surface area (Å²) in [4.78, 5) is 30.8. The quantitative estimate of drug-likeness (QED) is 0.132. The minimum Gasteiger partial charge on any atom is -0.456 e. The molecule has 0 radical (unpaired) electrons. The number of hydrogen-bond donors (Lipinski definition) is 0. The van der Waals surface area contributed by atoms with Gasteiger partial charge in [0.2, 0.25) is 0 Å². The van der Waals surface area contributed by atoms with E-state index in [1.165, 1.54) is 44.5 Å². The number of ether oxygens (including phenoxy) is 2. The van der Waals surface area contributed by atoms with E-state index >= 15 is 0 Å². The second-order valence-electron chi connectivity index (χ2n) is 32.8. The van der Waals surface area contributed by atoms with Crippen molar-refractivity contribution < 1.29 is 9.47 Å². The summed E-state index contributed by atoms with van der Waals surface area (Å²) in [5, 5.41) is 7.39. The Balaban J connectivity index is 0.000000137. The Morgan fingerprint density at radius 2 is 0.508 bits per heavy atom. The predicted octanol–water partition coefficient (Wildman–Crippen LogP) is 29.4. The van der Waals surface area contributed by atoms with Crippen LogP contribution in [0.1, 0.15) is 44.5 Å². The van der Waals surface area contributed by atoms with Crippen molar-refractivity contribution in [3.63, 3.8) is 0 Å². The van der Waals surface area contributed by atoms with Gasteiger partial charge in [-0.15, -0.1) is 0 Å². The highest BCUT2D eigenvalue weighted by atomic mass is 16.5. The fourth-order valence-electron chi connectivity index (χ4n) is 20.6. The van der Waals surface area contributed by atoms with Crippen molar-refractivity contribution in [3.8, 4) is 147 Å². The second kappa shape index (κ2) is 29.0. The van der Waals surface area contributed by atoms with Crippen LogP contribution in [0.5, 0.6) is 23.0 Å². The van der Waals surface area contributed by atoms with Gasteiger partial charge in [-0.3, -0.25) is 0 Å². The Morgan fingerprint density at radius 1 is 0.175 bits per heavy atom. The maximum Gasteiger partial charge on any atom is 0.160 e. The van der Waals surface area contributed by atoms with Crippen molar-refractivity contribution in [1.82, 2.24) is 29.9 Å². The van der Waals surface area contributed by atoms with Gasteiger partial charge in [-0.1, -0.05) is 406 Å². The minimum absolute atomic E-state index is 0.621. The first-order chi connectivity index (χ1) is 62.5. The molecule has 2 spiro atoms. The lowest BCUT2D eigenvalue weighted by Crippen LogP contribution is -2.32. The van der Waals surface area contributed by atoms with E-state index in [1.54, 1.807) is 0 Å². The Morgan fingerprint density at radius 3 is 1.02 bits per heavy atom. The van der Waals surface area contributed by atoms with Crippen molar-refractivity contribution in [3.05, 3.63) is 481 Å². The van der Waals surface area contributed by atoms with Gasteiger partial charge in [0.1, 0.15) is 23.0 Å². The van der Waals surface area contributed by atoms with E-state index in [-0.39, 0.29) is 0 Å². The average molecular weight is 1610 g/mol. The molecule has 8 heteroatoms. The normalized spacial score (nSPS) is 13.0. The number of aromatic nitrogens is 6. The third kappa shape index (κ3) is 11.2. The van der Waals surface area contributed by atoms with E-state index in [0.29, 0.717) is 11.6 Å². The van der Waals surface area contributed by atoms with Crippen molar-refractivity contribution in [2.24, 2.45) is 0 Å². The second-order valence-corrected chi connectivity index (χ2v) is 32.8. The molecule has 0 fully saturated rings. The summed E-state index contributed by atoms with van der Waals surface area (Å²) >= 11 is 0. The van der Waals surface area contributed by atoms with Crippen LogP contribution in [0.2, 0.25) is 0 Å². The lowest BCUT2D eigenvalue weighted by Gasteiger charge is -2.40. The van der Waals surface area contributed by atoms with Crippen molar-refractivity contribution in [1.29, 1.82) is 0 Å². The molecular formula is C118H72N6O2. The van der Waals surface area contributed by atoms with Crippen LogP contribution >= 0.6 is 0 Å². The smallest absolute Gasteiger partial charge is 0.160 e. The van der Waals surface area contributed by atoms with Crippen LogP contribution < -0.4 is 9.47 Å². The summed E-state index contributed by atoms with van der Waals surface area (Å²) in [6, 6.07) is 155. The van der Waals surface area contributed by atoms with Gasteiger partial charge in [0, 0.05) is 104 Å². The first kappa shape index (κ1) is 72.2. The molecule has 26 rings (SSSR count). The number of fused-ring (bicyclic) bond motifs is 27. The van der Waals surface area contributed by atoms with Crippen LogP contribution in [-0.2, 0) is 10.8 Å². The van der Waals surface area contributed by atoms with E-state index in [4.69, 9.17) is 39.4 Å². The van der Waals surface area contributed by atoms with E-state index < -0.39 is 10.8 Å². The van der Waals surface area contributed by atoms with Crippen molar-refractivity contribution in [2.75, 3.05) is 0 Å². The summed E-state index contributed by atoms with van der Waals surface area (Å²) in [7, 11) is 0. The SMILES string of the molecule is c1ccc(-c2cc(-c3ccc(-c4ccc5c(c4)Oc4c(ccc6c(-c7ccccc7)nc7ccccc7c46)C54c5ccccc5-c5ccccc54)cc3)nc(-c3ccccc3)n2)cc1.c1ccc(-c2nc(-c3ccc(-c4cccc5c4Oc4c(ccc6c(-c7ccccc7)nc7ccccc7c46)C54c5ccccc5-c5ccccc54)cc3)c3ccccc3n2)cc1. The third-order valence-electron chi connectivity index (χ3n) is 26.1. The average Bonchev–Trinajstić information content (AvgIpc) is 1.50. The van der Waals surface area contributed by atoms with Crippen LogP contribution in [0.4, 0.5) is 0 Å². The lowest BCUT2D eigenvalue weighted by atomic mass is 9.65. The third-order valence-corrected chi connectivity index (χ3v) is 26.1. The molecule has 18 aromatic carbocycles. The summed E-state index contributed by atoms with van der Waals surface area (Å²) in [6.07, 6.45) is 0. The summed E-state index contributed by atoms with van der Waals surface area (Å²) in [6.45, 7) is 0. The van der Waals surface area contributed by atoms with Gasteiger partial charge >= 0.3 is 0 Å². The molecule has 0 saturated carbocycles. The first-order valence-corrected chi connectivity index (χ1v) is 42.9. The largest absolute Gasteiger partial charge is 0.456 e. The molecule has 0 N–H and O–H groups in total. The fraction of sp³-hybridized carbons (Fsp3) is 0.0169. The number of nitrogens with zero attached hydrogens (tertiary/aromatic N) is 6. The molecule has 22 aromatic rings. The van der Waals surface area contributed by atoms with Crippen LogP contribution in [0, 0.1) is 0 Å². The Hall–Kier alpha value is -16.7. The number of hydrogen-bond acceptors (Lipinski definition) is 8. The van der Waals surface area contributed by atoms with Gasteiger partial charge in [0.15, 0.2) is 11.6 Å². The van der Waals surface area contributed by atoms with Crippen LogP contribution in [0.25, 0.3) is 178 Å². The summed E-state index contributed by atoms with van der Waals surface area (Å²) in [5.41, 5.74) is 32.0. The maximum atomic E-state index is 7.58. The van der Waals surface area contributed by atoms with Gasteiger partial charge < -0.3 is 9.47 Å². The van der Waals surface area contributed by atoms with Crippen LogP contribution in [-0.4, -0.2) is 29.9 Å². The minimum atomic E-state index is -0.648. The van der Waals surface area contributed by atoms with Crippen LogP contribution in [0.3, 0.4) is 0 Å². The maximum absolute atomic E-state index is 7.58. The molecular weight excluding hydrogens is 1530 g/mol.